The Morgan fingerprint density at radius 1 is 1.20 bits per heavy atom. The van der Waals surface area contributed by atoms with E-state index in [1.54, 1.807) is 0 Å². The summed E-state index contributed by atoms with van der Waals surface area (Å²) in [6.07, 6.45) is 0.333. The molecule has 0 radical (unpaired) electrons. The van der Waals surface area contributed by atoms with Crippen molar-refractivity contribution in [2.45, 2.75) is 25.0 Å². The minimum absolute atomic E-state index is 0.0938. The van der Waals surface area contributed by atoms with Gasteiger partial charge in [0.2, 0.25) is 0 Å². The molecular weight excluding hydrogens is 220 g/mol. The van der Waals surface area contributed by atoms with E-state index in [0.29, 0.717) is 0 Å². The lowest BCUT2D eigenvalue weighted by Crippen LogP contribution is -2.21. The monoisotopic (exact) mass is 234 g/mol. The summed E-state index contributed by atoms with van der Waals surface area (Å²) in [5.41, 5.74) is 0. The molecule has 0 amide bonds. The second-order valence-electron chi connectivity index (χ2n) is 2.74. The normalized spacial score (nSPS) is 11.7. The number of hydrogen-bond donors (Lipinski definition) is 0. The fraction of sp³-hybridized carbons (Fsp3) is 0.667. The lowest BCUT2D eigenvalue weighted by molar-refractivity contribution is -0.142. The molecule has 1 atom stereocenters. The number of ether oxygens (including phenoxy) is 2. The second kappa shape index (κ2) is 7.28. The van der Waals surface area contributed by atoms with Crippen molar-refractivity contribution in [3.63, 3.8) is 0 Å². The SMILES string of the molecule is COC(=O)CCC(SC(C)=O)C(=O)OC. The lowest BCUT2D eigenvalue weighted by atomic mass is 10.2. The Labute approximate surface area is 92.5 Å². The van der Waals surface area contributed by atoms with Gasteiger partial charge in [-0.2, -0.15) is 0 Å². The first-order valence-electron chi connectivity index (χ1n) is 4.33. The smallest absolute Gasteiger partial charge is 0.319 e. The average Bonchev–Trinajstić information content (AvgIpc) is 2.21. The molecule has 15 heavy (non-hydrogen) atoms. The maximum absolute atomic E-state index is 11.2. The largest absolute Gasteiger partial charge is 0.469 e. The predicted octanol–water partition coefficient (Wildman–Crippen LogP) is 0.761. The molecule has 0 aromatic carbocycles. The van der Waals surface area contributed by atoms with Gasteiger partial charge in [0.05, 0.1) is 14.2 Å². The molecule has 0 heterocycles. The summed E-state index contributed by atoms with van der Waals surface area (Å²) in [5, 5.41) is -0.818. The number of carbonyl (C=O) groups excluding carboxylic acids is 3. The first-order chi connectivity index (χ1) is 7.01. The third kappa shape index (κ3) is 6.11. The minimum Gasteiger partial charge on any atom is -0.469 e. The van der Waals surface area contributed by atoms with Crippen molar-refractivity contribution in [2.24, 2.45) is 0 Å². The molecule has 0 rings (SSSR count). The lowest BCUT2D eigenvalue weighted by Gasteiger charge is -2.11. The summed E-state index contributed by atoms with van der Waals surface area (Å²) in [4.78, 5) is 32.9. The van der Waals surface area contributed by atoms with Gasteiger partial charge in [-0.15, -0.1) is 0 Å². The zero-order valence-electron chi connectivity index (χ0n) is 8.94. The van der Waals surface area contributed by atoms with Crippen molar-refractivity contribution in [2.75, 3.05) is 14.2 Å². The number of esters is 2. The highest BCUT2D eigenvalue weighted by Crippen LogP contribution is 2.18. The molecule has 0 saturated carbocycles. The van der Waals surface area contributed by atoms with Crippen LogP contribution in [0.25, 0.3) is 0 Å². The first kappa shape index (κ1) is 14.0. The number of methoxy groups -OCH3 is 2. The van der Waals surface area contributed by atoms with E-state index in [-0.39, 0.29) is 18.0 Å². The molecule has 86 valence electrons. The van der Waals surface area contributed by atoms with Crippen LogP contribution >= 0.6 is 11.8 Å². The number of carbonyl (C=O) groups is 3. The van der Waals surface area contributed by atoms with E-state index in [1.807, 2.05) is 0 Å². The molecule has 0 spiro atoms. The van der Waals surface area contributed by atoms with E-state index in [9.17, 15) is 14.4 Å². The van der Waals surface area contributed by atoms with E-state index in [2.05, 4.69) is 9.47 Å². The van der Waals surface area contributed by atoms with Gasteiger partial charge in [0.15, 0.2) is 5.12 Å². The molecule has 0 saturated heterocycles. The molecule has 6 heteroatoms. The van der Waals surface area contributed by atoms with Crippen molar-refractivity contribution in [3.05, 3.63) is 0 Å². The Bertz CT molecular complexity index is 251. The van der Waals surface area contributed by atoms with Crippen LogP contribution in [-0.4, -0.2) is 36.5 Å². The molecule has 0 aromatic heterocycles. The van der Waals surface area contributed by atoms with Crippen LogP contribution in [0.5, 0.6) is 0 Å². The first-order valence-corrected chi connectivity index (χ1v) is 5.21. The second-order valence-corrected chi connectivity index (χ2v) is 4.12. The van der Waals surface area contributed by atoms with Gasteiger partial charge in [0.25, 0.3) is 0 Å². The van der Waals surface area contributed by atoms with E-state index in [0.717, 1.165) is 11.8 Å². The molecule has 0 bridgehead atoms. The van der Waals surface area contributed by atoms with Crippen molar-refractivity contribution in [1.82, 2.24) is 0 Å². The molecule has 0 fully saturated rings. The maximum Gasteiger partial charge on any atom is 0.319 e. The van der Waals surface area contributed by atoms with Crippen molar-refractivity contribution in [3.8, 4) is 0 Å². The van der Waals surface area contributed by atoms with Crippen LogP contribution < -0.4 is 0 Å². The Kier molecular flexibility index (Phi) is 6.77. The highest BCUT2D eigenvalue weighted by molar-refractivity contribution is 8.14. The van der Waals surface area contributed by atoms with Crippen LogP contribution in [0.2, 0.25) is 0 Å². The Morgan fingerprint density at radius 2 is 1.80 bits per heavy atom. The van der Waals surface area contributed by atoms with Gasteiger partial charge in [0, 0.05) is 13.3 Å². The zero-order valence-corrected chi connectivity index (χ0v) is 9.76. The summed E-state index contributed by atoms with van der Waals surface area (Å²) in [6, 6.07) is 0. The van der Waals surface area contributed by atoms with Gasteiger partial charge in [-0.3, -0.25) is 14.4 Å². The Morgan fingerprint density at radius 3 is 2.20 bits per heavy atom. The Hall–Kier alpha value is -1.04. The molecule has 0 aliphatic carbocycles. The van der Waals surface area contributed by atoms with Crippen LogP contribution in [0.1, 0.15) is 19.8 Å². The summed E-state index contributed by atoms with van der Waals surface area (Å²) in [5.74, 6) is -0.910. The number of hydrogen-bond acceptors (Lipinski definition) is 6. The van der Waals surface area contributed by atoms with Crippen molar-refractivity contribution in [1.29, 1.82) is 0 Å². The van der Waals surface area contributed by atoms with Crippen LogP contribution in [0.15, 0.2) is 0 Å². The third-order valence-corrected chi connectivity index (χ3v) is 2.66. The average molecular weight is 234 g/mol. The summed E-state index contributed by atoms with van der Waals surface area (Å²) in [6.45, 7) is 1.36. The highest BCUT2D eigenvalue weighted by Gasteiger charge is 2.22. The van der Waals surface area contributed by atoms with Crippen LogP contribution in [0.4, 0.5) is 0 Å². The summed E-state index contributed by atoms with van der Waals surface area (Å²) >= 11 is 0.863. The third-order valence-electron chi connectivity index (χ3n) is 1.61. The van der Waals surface area contributed by atoms with E-state index in [1.165, 1.54) is 21.1 Å². The van der Waals surface area contributed by atoms with E-state index in [4.69, 9.17) is 0 Å². The van der Waals surface area contributed by atoms with Gasteiger partial charge in [-0.25, -0.2) is 0 Å². The van der Waals surface area contributed by atoms with E-state index >= 15 is 0 Å². The van der Waals surface area contributed by atoms with Gasteiger partial charge in [-0.1, -0.05) is 11.8 Å². The van der Waals surface area contributed by atoms with Crippen LogP contribution in [-0.2, 0) is 23.9 Å². The number of thioether (sulfide) groups is 1. The minimum atomic E-state index is -0.633. The molecule has 1 unspecified atom stereocenters. The van der Waals surface area contributed by atoms with Gasteiger partial charge >= 0.3 is 11.9 Å². The van der Waals surface area contributed by atoms with Crippen molar-refractivity contribution >= 4 is 28.8 Å². The summed E-state index contributed by atoms with van der Waals surface area (Å²) in [7, 11) is 2.52. The standard InChI is InChI=1S/C9H14O5S/c1-6(10)15-7(9(12)14-3)4-5-8(11)13-2/h7H,4-5H2,1-3H3. The van der Waals surface area contributed by atoms with Crippen LogP contribution in [0.3, 0.4) is 0 Å². The quantitative estimate of drug-likeness (QED) is 0.654. The van der Waals surface area contributed by atoms with Crippen LogP contribution in [0, 0.1) is 0 Å². The molecule has 0 N–H and O–H groups in total. The number of rotatable bonds is 5. The Balaban J connectivity index is 4.18. The maximum atomic E-state index is 11.2. The fourth-order valence-corrected chi connectivity index (χ4v) is 1.74. The van der Waals surface area contributed by atoms with E-state index < -0.39 is 17.2 Å². The van der Waals surface area contributed by atoms with Crippen molar-refractivity contribution < 1.29 is 23.9 Å². The highest BCUT2D eigenvalue weighted by atomic mass is 32.2. The topological polar surface area (TPSA) is 69.7 Å². The molecule has 0 aliphatic heterocycles. The molecule has 0 aliphatic rings. The van der Waals surface area contributed by atoms with Gasteiger partial charge < -0.3 is 9.47 Å². The van der Waals surface area contributed by atoms with Gasteiger partial charge in [0.1, 0.15) is 5.25 Å². The fourth-order valence-electron chi connectivity index (χ4n) is 0.908. The summed E-state index contributed by atoms with van der Waals surface area (Å²) < 4.78 is 8.95. The predicted molar refractivity (Wildman–Crippen MR) is 55.3 cm³/mol. The molecule has 5 nitrogen and oxygen atoms in total. The van der Waals surface area contributed by atoms with Gasteiger partial charge in [-0.05, 0) is 6.42 Å². The molecular formula is C9H14O5S. The molecule has 0 aromatic rings. The zero-order chi connectivity index (χ0) is 11.8.